The SMILES string of the molecule is C[C@@H](N)C(=O)NC1CCCCCC1c1ccccc1C(F)(F)F.Cl. The Morgan fingerprint density at radius 2 is 1.83 bits per heavy atom. The van der Waals surface area contributed by atoms with E-state index in [0.29, 0.717) is 12.8 Å². The van der Waals surface area contributed by atoms with Crippen LogP contribution in [-0.2, 0) is 11.0 Å². The number of carbonyl (C=O) groups is 1. The lowest BCUT2D eigenvalue weighted by Crippen LogP contribution is -2.46. The third-order valence-corrected chi connectivity index (χ3v) is 4.42. The summed E-state index contributed by atoms with van der Waals surface area (Å²) < 4.78 is 39.9. The van der Waals surface area contributed by atoms with Gasteiger partial charge < -0.3 is 11.1 Å². The van der Waals surface area contributed by atoms with Gasteiger partial charge in [-0.2, -0.15) is 13.2 Å². The molecule has 0 radical (unpaired) electrons. The van der Waals surface area contributed by atoms with Crippen molar-refractivity contribution in [3.63, 3.8) is 0 Å². The predicted molar refractivity (Wildman–Crippen MR) is 90.1 cm³/mol. The van der Waals surface area contributed by atoms with Gasteiger partial charge in [0.15, 0.2) is 0 Å². The zero-order chi connectivity index (χ0) is 17.0. The number of benzene rings is 1. The third kappa shape index (κ3) is 5.11. The van der Waals surface area contributed by atoms with Crippen LogP contribution in [0, 0.1) is 0 Å². The molecule has 0 spiro atoms. The number of halogens is 4. The highest BCUT2D eigenvalue weighted by Gasteiger charge is 2.37. The van der Waals surface area contributed by atoms with Crippen molar-refractivity contribution < 1.29 is 18.0 Å². The Morgan fingerprint density at radius 1 is 1.21 bits per heavy atom. The smallest absolute Gasteiger partial charge is 0.351 e. The Balaban J connectivity index is 0.00000288. The Bertz CT molecular complexity index is 549. The van der Waals surface area contributed by atoms with E-state index in [0.717, 1.165) is 25.3 Å². The molecule has 24 heavy (non-hydrogen) atoms. The second kappa shape index (κ2) is 8.72. The van der Waals surface area contributed by atoms with Gasteiger partial charge >= 0.3 is 6.18 Å². The van der Waals surface area contributed by atoms with Gasteiger partial charge in [0.05, 0.1) is 11.6 Å². The van der Waals surface area contributed by atoms with E-state index in [-0.39, 0.29) is 35.8 Å². The third-order valence-electron chi connectivity index (χ3n) is 4.42. The molecule has 2 rings (SSSR count). The zero-order valence-corrected chi connectivity index (χ0v) is 14.4. The Labute approximate surface area is 146 Å². The van der Waals surface area contributed by atoms with Gasteiger partial charge in [-0.15, -0.1) is 12.4 Å². The number of carbonyl (C=O) groups excluding carboxylic acids is 1. The van der Waals surface area contributed by atoms with Crippen molar-refractivity contribution in [1.29, 1.82) is 0 Å². The molecule has 1 saturated carbocycles. The molecule has 1 aromatic rings. The normalized spacial score (nSPS) is 22.9. The topological polar surface area (TPSA) is 55.1 Å². The summed E-state index contributed by atoms with van der Waals surface area (Å²) in [4.78, 5) is 11.9. The first-order valence-corrected chi connectivity index (χ1v) is 8.02. The van der Waals surface area contributed by atoms with E-state index in [9.17, 15) is 18.0 Å². The van der Waals surface area contributed by atoms with Crippen LogP contribution in [0.15, 0.2) is 24.3 Å². The summed E-state index contributed by atoms with van der Waals surface area (Å²) >= 11 is 0. The maximum Gasteiger partial charge on any atom is 0.416 e. The Hall–Kier alpha value is -1.27. The Morgan fingerprint density at radius 3 is 2.46 bits per heavy atom. The van der Waals surface area contributed by atoms with Crippen molar-refractivity contribution in [2.24, 2.45) is 5.73 Å². The molecule has 1 aliphatic carbocycles. The molecule has 0 heterocycles. The Kier molecular flexibility index (Phi) is 7.55. The largest absolute Gasteiger partial charge is 0.416 e. The van der Waals surface area contributed by atoms with Crippen molar-refractivity contribution in [2.75, 3.05) is 0 Å². The van der Waals surface area contributed by atoms with Crippen molar-refractivity contribution in [3.05, 3.63) is 35.4 Å². The molecule has 0 bridgehead atoms. The first-order valence-electron chi connectivity index (χ1n) is 8.02. The first kappa shape index (κ1) is 20.8. The van der Waals surface area contributed by atoms with Gasteiger partial charge in [0.25, 0.3) is 0 Å². The average molecular weight is 365 g/mol. The van der Waals surface area contributed by atoms with E-state index in [4.69, 9.17) is 5.73 Å². The van der Waals surface area contributed by atoms with E-state index in [1.165, 1.54) is 12.1 Å². The highest BCUT2D eigenvalue weighted by Crippen LogP contribution is 2.40. The van der Waals surface area contributed by atoms with E-state index in [1.807, 2.05) is 0 Å². The molecule has 1 fully saturated rings. The predicted octanol–water partition coefficient (Wildman–Crippen LogP) is 4.01. The minimum Gasteiger partial charge on any atom is -0.351 e. The molecular formula is C17H24ClF3N2O. The van der Waals surface area contributed by atoms with Crippen LogP contribution in [-0.4, -0.2) is 18.0 Å². The molecule has 7 heteroatoms. The van der Waals surface area contributed by atoms with Gasteiger partial charge in [0.2, 0.25) is 5.91 Å². The summed E-state index contributed by atoms with van der Waals surface area (Å²) in [5.41, 5.74) is 5.25. The summed E-state index contributed by atoms with van der Waals surface area (Å²) in [6, 6.07) is 4.70. The van der Waals surface area contributed by atoms with Crippen LogP contribution in [0.3, 0.4) is 0 Å². The second-order valence-electron chi connectivity index (χ2n) is 6.23. The summed E-state index contributed by atoms with van der Waals surface area (Å²) in [5, 5.41) is 2.85. The lowest BCUT2D eigenvalue weighted by Gasteiger charge is -2.29. The summed E-state index contributed by atoms with van der Waals surface area (Å²) in [5.74, 6) is -0.649. The average Bonchev–Trinajstić information content (AvgIpc) is 2.71. The minimum atomic E-state index is -4.39. The number of hydrogen-bond acceptors (Lipinski definition) is 2. The molecular weight excluding hydrogens is 341 g/mol. The fourth-order valence-corrected chi connectivity index (χ4v) is 3.25. The van der Waals surface area contributed by atoms with Crippen LogP contribution < -0.4 is 11.1 Å². The summed E-state index contributed by atoms with van der Waals surface area (Å²) in [7, 11) is 0. The van der Waals surface area contributed by atoms with Crippen LogP contribution in [0.25, 0.3) is 0 Å². The molecule has 2 unspecified atom stereocenters. The minimum absolute atomic E-state index is 0. The molecule has 1 amide bonds. The fourth-order valence-electron chi connectivity index (χ4n) is 3.25. The maximum absolute atomic E-state index is 13.3. The number of alkyl halides is 3. The highest BCUT2D eigenvalue weighted by atomic mass is 35.5. The van der Waals surface area contributed by atoms with E-state index < -0.39 is 17.8 Å². The lowest BCUT2D eigenvalue weighted by molar-refractivity contribution is -0.138. The van der Waals surface area contributed by atoms with Crippen molar-refractivity contribution in [1.82, 2.24) is 5.32 Å². The molecule has 136 valence electrons. The lowest BCUT2D eigenvalue weighted by atomic mass is 9.84. The quantitative estimate of drug-likeness (QED) is 0.796. The van der Waals surface area contributed by atoms with Gasteiger partial charge in [-0.3, -0.25) is 4.79 Å². The summed E-state index contributed by atoms with van der Waals surface area (Å²) in [6.07, 6.45) is -0.351. The van der Waals surface area contributed by atoms with Gasteiger partial charge in [-0.25, -0.2) is 0 Å². The van der Waals surface area contributed by atoms with Gasteiger partial charge in [0, 0.05) is 12.0 Å². The number of nitrogens with one attached hydrogen (secondary N) is 1. The van der Waals surface area contributed by atoms with E-state index >= 15 is 0 Å². The standard InChI is InChI=1S/C17H23F3N2O.ClH/c1-11(21)16(23)22-15-10-4-2-3-8-13(15)12-7-5-6-9-14(12)17(18,19)20;/h5-7,9,11,13,15H,2-4,8,10,21H2,1H3,(H,22,23);1H/t11-,13?,15?;/m1./s1. The molecule has 1 aliphatic rings. The molecule has 0 aliphatic heterocycles. The maximum atomic E-state index is 13.3. The highest BCUT2D eigenvalue weighted by molar-refractivity contribution is 5.85. The van der Waals surface area contributed by atoms with E-state index in [2.05, 4.69) is 5.32 Å². The van der Waals surface area contributed by atoms with Gasteiger partial charge in [0.1, 0.15) is 0 Å². The molecule has 1 aromatic carbocycles. The van der Waals surface area contributed by atoms with Crippen LogP contribution in [0.1, 0.15) is 56.1 Å². The van der Waals surface area contributed by atoms with Crippen molar-refractivity contribution >= 4 is 18.3 Å². The molecule has 3 nitrogen and oxygen atoms in total. The van der Waals surface area contributed by atoms with Crippen LogP contribution in [0.5, 0.6) is 0 Å². The van der Waals surface area contributed by atoms with Crippen LogP contribution >= 0.6 is 12.4 Å². The summed E-state index contributed by atoms with van der Waals surface area (Å²) in [6.45, 7) is 1.57. The molecule has 0 saturated heterocycles. The number of nitrogens with two attached hydrogens (primary N) is 1. The van der Waals surface area contributed by atoms with Crippen LogP contribution in [0.2, 0.25) is 0 Å². The number of hydrogen-bond donors (Lipinski definition) is 2. The van der Waals surface area contributed by atoms with E-state index in [1.54, 1.807) is 13.0 Å². The molecule has 3 atom stereocenters. The fraction of sp³-hybridized carbons (Fsp3) is 0.588. The first-order chi connectivity index (χ1) is 10.8. The number of rotatable bonds is 3. The van der Waals surface area contributed by atoms with Crippen LogP contribution in [0.4, 0.5) is 13.2 Å². The van der Waals surface area contributed by atoms with Gasteiger partial charge in [-0.1, -0.05) is 37.5 Å². The monoisotopic (exact) mass is 364 g/mol. The molecule has 0 aromatic heterocycles. The second-order valence-corrected chi connectivity index (χ2v) is 6.23. The zero-order valence-electron chi connectivity index (χ0n) is 13.6. The van der Waals surface area contributed by atoms with Crippen molar-refractivity contribution in [2.45, 2.75) is 63.2 Å². The molecule has 3 N–H and O–H groups in total. The number of amides is 1. The van der Waals surface area contributed by atoms with Gasteiger partial charge in [-0.05, 0) is 31.4 Å². The van der Waals surface area contributed by atoms with Crippen molar-refractivity contribution in [3.8, 4) is 0 Å².